The molecule has 0 radical (unpaired) electrons. The number of aliphatic carboxylic acids is 1. The number of hydrogen-bond donors (Lipinski definition) is 7. The largest absolute Gasteiger partial charge is 0.480 e. The Labute approximate surface area is 148 Å². The van der Waals surface area contributed by atoms with Gasteiger partial charge in [0.05, 0.1) is 6.04 Å². The van der Waals surface area contributed by atoms with E-state index in [0.29, 0.717) is 51.7 Å². The summed E-state index contributed by atoms with van der Waals surface area (Å²) in [5, 5.41) is 14.2. The van der Waals surface area contributed by atoms with Crippen LogP contribution in [0.3, 0.4) is 0 Å². The molecule has 25 heavy (non-hydrogen) atoms. The zero-order valence-corrected chi connectivity index (χ0v) is 14.6. The predicted octanol–water partition coefficient (Wildman–Crippen LogP) is -2.42. The van der Waals surface area contributed by atoms with Crippen LogP contribution in [-0.2, 0) is 14.4 Å². The summed E-state index contributed by atoms with van der Waals surface area (Å²) in [5.41, 5.74) is 22.0. The van der Waals surface area contributed by atoms with Gasteiger partial charge in [0.25, 0.3) is 0 Å². The van der Waals surface area contributed by atoms with E-state index in [0.717, 1.165) is 0 Å². The Hall–Kier alpha value is -1.75. The highest BCUT2D eigenvalue weighted by atomic mass is 16.4. The van der Waals surface area contributed by atoms with Crippen LogP contribution in [0, 0.1) is 0 Å². The lowest BCUT2D eigenvalue weighted by molar-refractivity contribution is -0.142. The van der Waals surface area contributed by atoms with E-state index < -0.39 is 35.9 Å². The molecule has 0 saturated heterocycles. The van der Waals surface area contributed by atoms with Crippen LogP contribution in [0.15, 0.2) is 0 Å². The first-order valence-electron chi connectivity index (χ1n) is 8.56. The van der Waals surface area contributed by atoms with Crippen molar-refractivity contribution in [2.24, 2.45) is 22.9 Å². The van der Waals surface area contributed by atoms with Gasteiger partial charge in [-0.15, -0.1) is 0 Å². The first kappa shape index (κ1) is 23.2. The number of hydrogen-bond acceptors (Lipinski definition) is 7. The SMILES string of the molecule is NCCCC(N)C(=O)NC(CCCN)C(=O)NC(CCCN)C(=O)O. The Morgan fingerprint density at radius 3 is 1.68 bits per heavy atom. The van der Waals surface area contributed by atoms with Gasteiger partial charge in [0.1, 0.15) is 12.1 Å². The van der Waals surface area contributed by atoms with Crippen molar-refractivity contribution in [2.45, 2.75) is 56.7 Å². The summed E-state index contributed by atoms with van der Waals surface area (Å²) in [6.45, 7) is 1.08. The maximum atomic E-state index is 12.4. The first-order chi connectivity index (χ1) is 11.9. The molecule has 3 unspecified atom stereocenters. The maximum Gasteiger partial charge on any atom is 0.326 e. The van der Waals surface area contributed by atoms with Crippen molar-refractivity contribution < 1.29 is 19.5 Å². The molecule has 0 aliphatic heterocycles. The van der Waals surface area contributed by atoms with Crippen molar-refractivity contribution in [1.29, 1.82) is 0 Å². The van der Waals surface area contributed by atoms with Gasteiger partial charge < -0.3 is 38.7 Å². The molecule has 10 nitrogen and oxygen atoms in total. The van der Waals surface area contributed by atoms with E-state index in [-0.39, 0.29) is 6.42 Å². The number of carboxylic acids is 1. The fourth-order valence-electron chi connectivity index (χ4n) is 2.19. The molecule has 0 spiro atoms. The number of carbonyl (C=O) groups excluding carboxylic acids is 2. The number of nitrogens with one attached hydrogen (secondary N) is 2. The van der Waals surface area contributed by atoms with E-state index >= 15 is 0 Å². The second-order valence-electron chi connectivity index (χ2n) is 5.86. The average Bonchev–Trinajstić information content (AvgIpc) is 2.59. The Bertz CT molecular complexity index is 421. The van der Waals surface area contributed by atoms with Gasteiger partial charge in [-0.05, 0) is 58.2 Å². The summed E-state index contributed by atoms with van der Waals surface area (Å²) in [4.78, 5) is 35.7. The second-order valence-corrected chi connectivity index (χ2v) is 5.86. The normalized spacial score (nSPS) is 14.4. The van der Waals surface area contributed by atoms with Gasteiger partial charge >= 0.3 is 5.97 Å². The molecule has 3 atom stereocenters. The highest BCUT2D eigenvalue weighted by Crippen LogP contribution is 2.03. The van der Waals surface area contributed by atoms with Gasteiger partial charge in [0.15, 0.2) is 0 Å². The Balaban J connectivity index is 4.83. The monoisotopic (exact) mass is 360 g/mol. The maximum absolute atomic E-state index is 12.4. The highest BCUT2D eigenvalue weighted by Gasteiger charge is 2.27. The molecule has 2 amide bonds. The molecule has 0 rings (SSSR count). The smallest absolute Gasteiger partial charge is 0.326 e. The molecule has 0 aromatic rings. The summed E-state index contributed by atoms with van der Waals surface area (Å²) >= 11 is 0. The molecular formula is C15H32N6O4. The third-order valence-electron chi connectivity index (χ3n) is 3.70. The Morgan fingerprint density at radius 1 is 0.760 bits per heavy atom. The molecule has 0 aromatic carbocycles. The van der Waals surface area contributed by atoms with Gasteiger partial charge in [0, 0.05) is 0 Å². The second kappa shape index (κ2) is 13.5. The topological polar surface area (TPSA) is 200 Å². The molecule has 0 aliphatic rings. The van der Waals surface area contributed by atoms with Gasteiger partial charge in [-0.25, -0.2) is 4.79 Å². The standard InChI is InChI=1S/C15H32N6O4/c16-7-1-4-10(19)13(22)20-11(5-2-8-17)14(23)21-12(15(24)25)6-3-9-18/h10-12H,1-9,16-19H2,(H,20,22)(H,21,23)(H,24,25). The van der Waals surface area contributed by atoms with E-state index in [9.17, 15) is 19.5 Å². The zero-order valence-electron chi connectivity index (χ0n) is 14.6. The summed E-state index contributed by atoms with van der Waals surface area (Å²) < 4.78 is 0. The third kappa shape index (κ3) is 9.97. The minimum absolute atomic E-state index is 0.213. The van der Waals surface area contributed by atoms with Crippen molar-refractivity contribution in [3.8, 4) is 0 Å². The Morgan fingerprint density at radius 2 is 1.20 bits per heavy atom. The molecule has 146 valence electrons. The van der Waals surface area contributed by atoms with Crippen molar-refractivity contribution in [3.63, 3.8) is 0 Å². The molecule has 0 saturated carbocycles. The fraction of sp³-hybridized carbons (Fsp3) is 0.800. The molecule has 0 aliphatic carbocycles. The zero-order chi connectivity index (χ0) is 19.2. The van der Waals surface area contributed by atoms with Gasteiger partial charge in [0.2, 0.25) is 11.8 Å². The number of carbonyl (C=O) groups is 3. The van der Waals surface area contributed by atoms with Crippen LogP contribution in [0.25, 0.3) is 0 Å². The van der Waals surface area contributed by atoms with Gasteiger partial charge in [-0.2, -0.15) is 0 Å². The minimum atomic E-state index is -1.15. The highest BCUT2D eigenvalue weighted by molar-refractivity contribution is 5.91. The molecule has 0 bridgehead atoms. The van der Waals surface area contributed by atoms with Crippen LogP contribution in [0.5, 0.6) is 0 Å². The summed E-state index contributed by atoms with van der Waals surface area (Å²) in [6.07, 6.45) is 2.46. The van der Waals surface area contributed by atoms with Crippen LogP contribution >= 0.6 is 0 Å². The van der Waals surface area contributed by atoms with Crippen LogP contribution < -0.4 is 33.6 Å². The van der Waals surface area contributed by atoms with E-state index in [2.05, 4.69) is 10.6 Å². The van der Waals surface area contributed by atoms with Crippen LogP contribution in [0.1, 0.15) is 38.5 Å². The van der Waals surface area contributed by atoms with E-state index in [4.69, 9.17) is 22.9 Å². The minimum Gasteiger partial charge on any atom is -0.480 e. The number of rotatable bonds is 14. The van der Waals surface area contributed by atoms with Crippen molar-refractivity contribution >= 4 is 17.8 Å². The first-order valence-corrected chi connectivity index (χ1v) is 8.56. The van der Waals surface area contributed by atoms with E-state index in [1.807, 2.05) is 0 Å². The van der Waals surface area contributed by atoms with Crippen molar-refractivity contribution in [2.75, 3.05) is 19.6 Å². The quantitative estimate of drug-likeness (QED) is 0.177. The number of amides is 2. The number of carboxylic acid groups (broad SMARTS) is 1. The lowest BCUT2D eigenvalue weighted by Crippen LogP contribution is -2.54. The van der Waals surface area contributed by atoms with Gasteiger partial charge in [-0.1, -0.05) is 0 Å². The van der Waals surface area contributed by atoms with Gasteiger partial charge in [-0.3, -0.25) is 9.59 Å². The fourth-order valence-corrected chi connectivity index (χ4v) is 2.19. The van der Waals surface area contributed by atoms with Crippen LogP contribution in [-0.4, -0.2) is 60.6 Å². The molecule has 10 heteroatoms. The lowest BCUT2D eigenvalue weighted by Gasteiger charge is -2.22. The van der Waals surface area contributed by atoms with E-state index in [1.54, 1.807) is 0 Å². The predicted molar refractivity (Wildman–Crippen MR) is 94.3 cm³/mol. The summed E-state index contributed by atoms with van der Waals surface area (Å²) in [6, 6.07) is -2.72. The third-order valence-corrected chi connectivity index (χ3v) is 3.70. The molecule has 0 fully saturated rings. The van der Waals surface area contributed by atoms with E-state index in [1.165, 1.54) is 0 Å². The molecule has 0 heterocycles. The summed E-state index contributed by atoms with van der Waals surface area (Å²) in [5.74, 6) is -2.19. The number of nitrogens with two attached hydrogens (primary N) is 4. The van der Waals surface area contributed by atoms with Crippen molar-refractivity contribution in [3.05, 3.63) is 0 Å². The Kier molecular flexibility index (Phi) is 12.6. The lowest BCUT2D eigenvalue weighted by atomic mass is 10.1. The average molecular weight is 360 g/mol. The molecule has 11 N–H and O–H groups in total. The van der Waals surface area contributed by atoms with Crippen molar-refractivity contribution in [1.82, 2.24) is 10.6 Å². The molecular weight excluding hydrogens is 328 g/mol. The van der Waals surface area contributed by atoms with Crippen LogP contribution in [0.2, 0.25) is 0 Å². The summed E-state index contributed by atoms with van der Waals surface area (Å²) in [7, 11) is 0. The van der Waals surface area contributed by atoms with Crippen LogP contribution in [0.4, 0.5) is 0 Å². The molecule has 0 aromatic heterocycles.